The Labute approximate surface area is 138 Å². The molecule has 2 rings (SSSR count). The summed E-state index contributed by atoms with van der Waals surface area (Å²) in [5.74, 6) is -7.56. The smallest absolute Gasteiger partial charge is 0.376 e. The van der Waals surface area contributed by atoms with E-state index in [0.29, 0.717) is 12.1 Å². The van der Waals surface area contributed by atoms with Crippen molar-refractivity contribution in [2.45, 2.75) is 28.3 Å². The van der Waals surface area contributed by atoms with Gasteiger partial charge in [0.1, 0.15) is 5.75 Å². The zero-order valence-electron chi connectivity index (χ0n) is 11.3. The lowest BCUT2D eigenvalue weighted by molar-refractivity contribution is -0.0500. The molecular weight excluding hydrogens is 412 g/mol. The van der Waals surface area contributed by atoms with E-state index < -0.39 is 72.8 Å². The molecule has 0 spiro atoms. The first-order valence-electron chi connectivity index (χ1n) is 5.90. The number of benzene rings is 1. The summed E-state index contributed by atoms with van der Waals surface area (Å²) >= 11 is -0.939. The van der Waals surface area contributed by atoms with Gasteiger partial charge in [0.15, 0.2) is 0 Å². The Balaban J connectivity index is 2.59. The molecule has 0 aliphatic heterocycles. The number of halogens is 8. The Morgan fingerprint density at radius 2 is 1.64 bits per heavy atom. The molecule has 140 valence electrons. The molecule has 14 heteroatoms. The summed E-state index contributed by atoms with van der Waals surface area (Å²) in [4.78, 5) is 10.6. The molecule has 1 aliphatic rings. The molecular formula is C11H4F8O4S2. The van der Waals surface area contributed by atoms with Gasteiger partial charge in [-0.2, -0.15) is 43.5 Å². The molecule has 0 atom stereocenters. The predicted octanol–water partition coefficient (Wildman–Crippen LogP) is 3.90. The fourth-order valence-corrected chi connectivity index (χ4v) is 3.16. The first kappa shape index (κ1) is 19.8. The fraction of sp³-hybridized carbons (Fsp3) is 0.364. The second kappa shape index (κ2) is 5.72. The number of carbonyl (C=O) groups is 1. The van der Waals surface area contributed by atoms with Gasteiger partial charge in [-0.3, -0.25) is 4.79 Å². The van der Waals surface area contributed by atoms with Gasteiger partial charge in [-0.15, -0.1) is 0 Å². The highest BCUT2D eigenvalue weighted by Crippen LogP contribution is 2.47. The van der Waals surface area contributed by atoms with Crippen LogP contribution in [0.25, 0.3) is 0 Å². The number of carbonyl (C=O) groups excluding carboxylic acids is 1. The number of thioether (sulfide) groups is 1. The Bertz CT molecular complexity index is 826. The number of hydrogen-bond acceptors (Lipinski definition) is 5. The minimum absolute atomic E-state index is 0.352. The minimum atomic E-state index is -6.26. The van der Waals surface area contributed by atoms with Crippen molar-refractivity contribution in [3.05, 3.63) is 23.3 Å². The molecule has 1 aromatic rings. The molecule has 0 N–H and O–H groups in total. The van der Waals surface area contributed by atoms with E-state index in [0.717, 1.165) is 0 Å². The third-order valence-corrected chi connectivity index (χ3v) is 4.66. The summed E-state index contributed by atoms with van der Waals surface area (Å²) in [5.41, 5.74) is -13.1. The van der Waals surface area contributed by atoms with Gasteiger partial charge >= 0.3 is 27.1 Å². The summed E-state index contributed by atoms with van der Waals surface area (Å²) in [5, 5.41) is 0. The third kappa shape index (κ3) is 3.83. The van der Waals surface area contributed by atoms with Crippen LogP contribution in [0.15, 0.2) is 17.0 Å². The van der Waals surface area contributed by atoms with Crippen molar-refractivity contribution in [1.82, 2.24) is 0 Å². The van der Waals surface area contributed by atoms with E-state index in [2.05, 4.69) is 4.18 Å². The molecule has 1 aliphatic carbocycles. The van der Waals surface area contributed by atoms with Crippen molar-refractivity contribution in [3.8, 4) is 5.75 Å². The maximum Gasteiger partial charge on any atom is 0.534 e. The zero-order valence-corrected chi connectivity index (χ0v) is 13.0. The van der Waals surface area contributed by atoms with E-state index in [4.69, 9.17) is 0 Å². The molecule has 0 amide bonds. The highest BCUT2D eigenvalue weighted by molar-refractivity contribution is 8.00. The average Bonchev–Trinajstić information content (AvgIpc) is 2.61. The quantitative estimate of drug-likeness (QED) is 0.324. The van der Waals surface area contributed by atoms with Crippen molar-refractivity contribution in [2.75, 3.05) is 0 Å². The molecule has 0 bridgehead atoms. The SMILES string of the molecule is O=C1c2c(SC(F)(F)F)ccc(OS(=O)(=O)C(F)(F)F)c2CC1(F)F. The van der Waals surface area contributed by atoms with Crippen LogP contribution in [-0.2, 0) is 16.5 Å². The number of fused-ring (bicyclic) bond motifs is 1. The van der Waals surface area contributed by atoms with Crippen LogP contribution in [0, 0.1) is 0 Å². The molecule has 0 saturated carbocycles. The highest BCUT2D eigenvalue weighted by Gasteiger charge is 2.53. The van der Waals surface area contributed by atoms with Crippen LogP contribution in [0.3, 0.4) is 0 Å². The van der Waals surface area contributed by atoms with E-state index >= 15 is 0 Å². The third-order valence-electron chi connectivity index (χ3n) is 2.90. The van der Waals surface area contributed by atoms with Gasteiger partial charge in [0.25, 0.3) is 0 Å². The maximum atomic E-state index is 13.5. The van der Waals surface area contributed by atoms with Crippen LogP contribution in [0.4, 0.5) is 35.1 Å². The van der Waals surface area contributed by atoms with Crippen molar-refractivity contribution in [2.24, 2.45) is 0 Å². The molecule has 0 unspecified atom stereocenters. The van der Waals surface area contributed by atoms with Crippen LogP contribution in [0.5, 0.6) is 5.75 Å². The van der Waals surface area contributed by atoms with Crippen molar-refractivity contribution in [3.63, 3.8) is 0 Å². The summed E-state index contributed by atoms with van der Waals surface area (Å²) in [6, 6.07) is 0.738. The summed E-state index contributed by atoms with van der Waals surface area (Å²) in [6.45, 7) is 0. The standard InChI is InChI=1S/C11H4F8O4S2/c12-9(13)3-4-5(23-25(21,22)11(17,18)19)1-2-6(7(4)8(9)20)24-10(14,15)16/h1-2H,3H2. The first-order chi connectivity index (χ1) is 11.1. The monoisotopic (exact) mass is 416 g/mol. The Kier molecular flexibility index (Phi) is 4.52. The van der Waals surface area contributed by atoms with Crippen LogP contribution < -0.4 is 4.18 Å². The second-order valence-corrected chi connectivity index (χ2v) is 7.30. The lowest BCUT2D eigenvalue weighted by Crippen LogP contribution is -2.28. The summed E-state index contributed by atoms with van der Waals surface area (Å²) in [6.07, 6.45) is -1.59. The molecule has 0 aromatic heterocycles. The van der Waals surface area contributed by atoms with Gasteiger partial charge in [0.2, 0.25) is 5.78 Å². The number of rotatable bonds is 3. The van der Waals surface area contributed by atoms with Crippen molar-refractivity contribution < 1.29 is 52.5 Å². The van der Waals surface area contributed by atoms with Crippen LogP contribution in [0.2, 0.25) is 0 Å². The maximum absolute atomic E-state index is 13.5. The number of Topliss-reactive ketones (excluding diaryl/α,β-unsaturated/α-hetero) is 1. The molecule has 0 heterocycles. The molecule has 0 radical (unpaired) electrons. The van der Waals surface area contributed by atoms with Crippen molar-refractivity contribution in [1.29, 1.82) is 0 Å². The fourth-order valence-electron chi connectivity index (χ4n) is 1.97. The highest BCUT2D eigenvalue weighted by atomic mass is 32.2. The molecule has 1 aromatic carbocycles. The summed E-state index contributed by atoms with van der Waals surface area (Å²) in [7, 11) is -6.26. The topological polar surface area (TPSA) is 60.4 Å². The van der Waals surface area contributed by atoms with E-state index in [1.165, 1.54) is 0 Å². The van der Waals surface area contributed by atoms with Crippen LogP contribution >= 0.6 is 11.8 Å². The van der Waals surface area contributed by atoms with Gasteiger partial charge in [0, 0.05) is 22.4 Å². The molecule has 0 saturated heterocycles. The van der Waals surface area contributed by atoms with Crippen LogP contribution in [-0.4, -0.2) is 31.1 Å². The van der Waals surface area contributed by atoms with Gasteiger partial charge < -0.3 is 4.18 Å². The Morgan fingerprint density at radius 3 is 2.12 bits per heavy atom. The number of alkyl halides is 8. The van der Waals surface area contributed by atoms with E-state index in [1.54, 1.807) is 0 Å². The van der Waals surface area contributed by atoms with E-state index in [1.807, 2.05) is 0 Å². The molecule has 0 fully saturated rings. The lowest BCUT2D eigenvalue weighted by atomic mass is 10.1. The van der Waals surface area contributed by atoms with Gasteiger partial charge in [-0.25, -0.2) is 0 Å². The first-order valence-corrected chi connectivity index (χ1v) is 8.13. The van der Waals surface area contributed by atoms with Crippen molar-refractivity contribution >= 4 is 27.7 Å². The minimum Gasteiger partial charge on any atom is -0.376 e. The predicted molar refractivity (Wildman–Crippen MR) is 66.9 cm³/mol. The summed E-state index contributed by atoms with van der Waals surface area (Å²) < 4.78 is 127. The lowest BCUT2D eigenvalue weighted by Gasteiger charge is -2.14. The second-order valence-electron chi connectivity index (χ2n) is 4.66. The largest absolute Gasteiger partial charge is 0.534 e. The van der Waals surface area contributed by atoms with E-state index in [-0.39, 0.29) is 0 Å². The van der Waals surface area contributed by atoms with Gasteiger partial charge in [-0.1, -0.05) is 0 Å². The van der Waals surface area contributed by atoms with Gasteiger partial charge in [0.05, 0.1) is 0 Å². The normalized spacial score (nSPS) is 17.5. The number of hydrogen-bond donors (Lipinski definition) is 0. The Hall–Kier alpha value is -1.57. The zero-order chi connectivity index (χ0) is 19.4. The molecule has 4 nitrogen and oxygen atoms in total. The number of ketones is 1. The Morgan fingerprint density at radius 1 is 1.08 bits per heavy atom. The van der Waals surface area contributed by atoms with Gasteiger partial charge in [-0.05, 0) is 23.9 Å². The van der Waals surface area contributed by atoms with Crippen LogP contribution in [0.1, 0.15) is 15.9 Å². The molecule has 25 heavy (non-hydrogen) atoms. The average molecular weight is 416 g/mol. The van der Waals surface area contributed by atoms with E-state index in [9.17, 15) is 48.3 Å².